The average molecular weight is 351 g/mol. The molecule has 6 heteroatoms. The highest BCUT2D eigenvalue weighted by Gasteiger charge is 2.21. The Morgan fingerprint density at radius 2 is 1.81 bits per heavy atom. The number of aromatic nitrogens is 2. The zero-order valence-corrected chi connectivity index (χ0v) is 14.7. The van der Waals surface area contributed by atoms with Crippen molar-refractivity contribution in [3.8, 4) is 11.4 Å². The van der Waals surface area contributed by atoms with Gasteiger partial charge in [0.15, 0.2) is 0 Å². The maximum absolute atomic E-state index is 12.3. The zero-order valence-electron chi connectivity index (χ0n) is 14.7. The summed E-state index contributed by atoms with van der Waals surface area (Å²) in [6.45, 7) is 3.91. The van der Waals surface area contributed by atoms with Crippen LogP contribution in [-0.2, 0) is 0 Å². The molecule has 0 bridgehead atoms. The van der Waals surface area contributed by atoms with E-state index in [1.165, 1.54) is 5.56 Å². The van der Waals surface area contributed by atoms with E-state index in [1.807, 2.05) is 30.3 Å². The molecule has 134 valence electrons. The van der Waals surface area contributed by atoms with Gasteiger partial charge in [0.05, 0.1) is 6.61 Å². The second kappa shape index (κ2) is 7.93. The van der Waals surface area contributed by atoms with Crippen LogP contribution < -0.4 is 5.32 Å². The van der Waals surface area contributed by atoms with Gasteiger partial charge in [-0.1, -0.05) is 61.5 Å². The first kappa shape index (κ1) is 17.8. The van der Waals surface area contributed by atoms with Gasteiger partial charge in [0.25, 0.3) is 11.8 Å². The molecule has 3 rings (SSSR count). The molecule has 0 saturated carbocycles. The van der Waals surface area contributed by atoms with E-state index in [1.54, 1.807) is 24.3 Å². The molecule has 1 heterocycles. The van der Waals surface area contributed by atoms with E-state index in [0.717, 1.165) is 5.56 Å². The van der Waals surface area contributed by atoms with Crippen molar-refractivity contribution in [1.29, 1.82) is 0 Å². The largest absolute Gasteiger partial charge is 0.394 e. The summed E-state index contributed by atoms with van der Waals surface area (Å²) in [5.41, 5.74) is 2.53. The molecule has 1 atom stereocenters. The lowest BCUT2D eigenvalue weighted by Gasteiger charge is -2.11. The predicted octanol–water partition coefficient (Wildman–Crippen LogP) is 3.32. The normalized spacial score (nSPS) is 12.2. The Morgan fingerprint density at radius 3 is 2.42 bits per heavy atom. The number of aliphatic hydroxyl groups excluding tert-OH is 1. The number of hydrogen-bond donors (Lipinski definition) is 2. The van der Waals surface area contributed by atoms with Crippen molar-refractivity contribution in [2.75, 3.05) is 6.61 Å². The molecule has 0 saturated heterocycles. The summed E-state index contributed by atoms with van der Waals surface area (Å²) < 4.78 is 5.25. The Bertz CT molecular complexity index is 858. The fraction of sp³-hybridized carbons (Fsp3) is 0.250. The lowest BCUT2D eigenvalue weighted by atomic mass is 10.0. The summed E-state index contributed by atoms with van der Waals surface area (Å²) in [6, 6.07) is 15.9. The molecular weight excluding hydrogens is 330 g/mol. The van der Waals surface area contributed by atoms with Crippen molar-refractivity contribution >= 4 is 5.91 Å². The number of aliphatic hydroxyl groups is 1. The van der Waals surface area contributed by atoms with Crippen LogP contribution in [0.2, 0.25) is 0 Å². The Morgan fingerprint density at radius 1 is 1.12 bits per heavy atom. The number of rotatable bonds is 6. The highest BCUT2D eigenvalue weighted by molar-refractivity contribution is 5.94. The van der Waals surface area contributed by atoms with E-state index >= 15 is 0 Å². The first-order valence-corrected chi connectivity index (χ1v) is 8.49. The van der Waals surface area contributed by atoms with Crippen LogP contribution in [-0.4, -0.2) is 27.8 Å². The van der Waals surface area contributed by atoms with Crippen LogP contribution in [0.5, 0.6) is 0 Å². The average Bonchev–Trinajstić information content (AvgIpc) is 3.16. The van der Waals surface area contributed by atoms with Crippen molar-refractivity contribution in [1.82, 2.24) is 15.5 Å². The minimum Gasteiger partial charge on any atom is -0.394 e. The van der Waals surface area contributed by atoms with E-state index < -0.39 is 6.04 Å². The lowest BCUT2D eigenvalue weighted by molar-refractivity contribution is 0.0901. The summed E-state index contributed by atoms with van der Waals surface area (Å²) in [5, 5.41) is 16.3. The second-order valence-corrected chi connectivity index (χ2v) is 6.31. The highest BCUT2D eigenvalue weighted by atomic mass is 16.5. The van der Waals surface area contributed by atoms with Crippen LogP contribution in [0.1, 0.15) is 47.6 Å². The van der Waals surface area contributed by atoms with Gasteiger partial charge < -0.3 is 14.9 Å². The minimum atomic E-state index is -0.765. The molecule has 2 N–H and O–H groups in total. The van der Waals surface area contributed by atoms with Gasteiger partial charge in [-0.15, -0.1) is 0 Å². The summed E-state index contributed by atoms with van der Waals surface area (Å²) in [6.07, 6.45) is 0. The van der Waals surface area contributed by atoms with Crippen LogP contribution in [0.15, 0.2) is 59.1 Å². The summed E-state index contributed by atoms with van der Waals surface area (Å²) >= 11 is 0. The summed E-state index contributed by atoms with van der Waals surface area (Å²) in [7, 11) is 0. The molecule has 1 amide bonds. The van der Waals surface area contributed by atoms with Crippen molar-refractivity contribution < 1.29 is 14.4 Å². The number of carbonyl (C=O) groups excluding carboxylic acids is 1. The van der Waals surface area contributed by atoms with Crippen molar-refractivity contribution in [2.45, 2.75) is 25.8 Å². The van der Waals surface area contributed by atoms with Crippen LogP contribution in [0.3, 0.4) is 0 Å². The van der Waals surface area contributed by atoms with E-state index in [0.29, 0.717) is 17.3 Å². The van der Waals surface area contributed by atoms with Gasteiger partial charge >= 0.3 is 0 Å². The highest BCUT2D eigenvalue weighted by Crippen LogP contribution is 2.22. The molecule has 3 aromatic rings. The quantitative estimate of drug-likeness (QED) is 0.711. The van der Waals surface area contributed by atoms with Gasteiger partial charge in [-0.25, -0.2) is 0 Å². The third kappa shape index (κ3) is 3.97. The topological polar surface area (TPSA) is 88.3 Å². The third-order valence-electron chi connectivity index (χ3n) is 4.10. The Hall–Kier alpha value is -2.99. The van der Waals surface area contributed by atoms with Gasteiger partial charge in [0.1, 0.15) is 6.04 Å². The van der Waals surface area contributed by atoms with E-state index in [4.69, 9.17) is 4.52 Å². The number of nitrogens with zero attached hydrogens (tertiary/aromatic N) is 2. The molecule has 0 aliphatic heterocycles. The van der Waals surface area contributed by atoms with E-state index in [9.17, 15) is 9.90 Å². The first-order valence-electron chi connectivity index (χ1n) is 8.49. The maximum atomic E-state index is 12.3. The van der Waals surface area contributed by atoms with Crippen LogP contribution in [0, 0.1) is 0 Å². The van der Waals surface area contributed by atoms with Gasteiger partial charge in [0, 0.05) is 11.1 Å². The van der Waals surface area contributed by atoms with Crippen molar-refractivity contribution in [3.63, 3.8) is 0 Å². The summed E-state index contributed by atoms with van der Waals surface area (Å²) in [5.74, 6) is 0.713. The molecule has 0 aliphatic carbocycles. The van der Waals surface area contributed by atoms with Crippen LogP contribution >= 0.6 is 0 Å². The fourth-order valence-corrected chi connectivity index (χ4v) is 2.53. The van der Waals surface area contributed by atoms with Gasteiger partial charge in [-0.3, -0.25) is 4.79 Å². The van der Waals surface area contributed by atoms with E-state index in [-0.39, 0.29) is 18.4 Å². The predicted molar refractivity (Wildman–Crippen MR) is 97.6 cm³/mol. The molecule has 0 spiro atoms. The molecule has 0 aliphatic rings. The van der Waals surface area contributed by atoms with Crippen molar-refractivity contribution in [3.05, 3.63) is 71.6 Å². The zero-order chi connectivity index (χ0) is 18.5. The number of amides is 1. The molecule has 1 unspecified atom stereocenters. The second-order valence-electron chi connectivity index (χ2n) is 6.31. The maximum Gasteiger partial charge on any atom is 0.251 e. The van der Waals surface area contributed by atoms with Crippen LogP contribution in [0.4, 0.5) is 0 Å². The van der Waals surface area contributed by atoms with Crippen LogP contribution in [0.25, 0.3) is 11.4 Å². The van der Waals surface area contributed by atoms with E-state index in [2.05, 4.69) is 29.3 Å². The molecule has 0 radical (unpaired) electrons. The molecule has 2 aromatic carbocycles. The first-order chi connectivity index (χ1) is 12.6. The number of nitrogens with one attached hydrogen (secondary N) is 1. The number of hydrogen-bond acceptors (Lipinski definition) is 5. The molecule has 26 heavy (non-hydrogen) atoms. The smallest absolute Gasteiger partial charge is 0.251 e. The van der Waals surface area contributed by atoms with Gasteiger partial charge in [-0.05, 0) is 23.6 Å². The molecular formula is C20H21N3O3. The van der Waals surface area contributed by atoms with Gasteiger partial charge in [0.2, 0.25) is 5.82 Å². The number of carbonyl (C=O) groups is 1. The summed E-state index contributed by atoms with van der Waals surface area (Å²) in [4.78, 5) is 16.6. The fourth-order valence-electron chi connectivity index (χ4n) is 2.53. The Balaban J connectivity index is 1.75. The molecule has 6 nitrogen and oxygen atoms in total. The Kier molecular flexibility index (Phi) is 5.43. The molecule has 0 fully saturated rings. The monoisotopic (exact) mass is 351 g/mol. The third-order valence-corrected chi connectivity index (χ3v) is 4.10. The van der Waals surface area contributed by atoms with Gasteiger partial charge in [-0.2, -0.15) is 4.98 Å². The Labute approximate surface area is 151 Å². The van der Waals surface area contributed by atoms with Crippen molar-refractivity contribution in [2.24, 2.45) is 0 Å². The molecule has 1 aromatic heterocycles. The number of benzene rings is 2. The standard InChI is InChI=1S/C20H21N3O3/c1-13(2)14-8-10-15(11-9-14)18-22-20(26-23-18)17(12-24)21-19(25)16-6-4-3-5-7-16/h3-11,13,17,24H,12H2,1-2H3,(H,21,25). The SMILES string of the molecule is CC(C)c1ccc(-c2noc(C(CO)NC(=O)c3ccccc3)n2)cc1. The minimum absolute atomic E-state index is 0.166. The lowest BCUT2D eigenvalue weighted by Crippen LogP contribution is -2.31.